The number of urea groups is 1. The van der Waals surface area contributed by atoms with Gasteiger partial charge in [0.2, 0.25) is 11.8 Å². The molecule has 0 radical (unpaired) electrons. The number of hydrogen-bond donors (Lipinski definition) is 1. The van der Waals surface area contributed by atoms with E-state index in [4.69, 9.17) is 0 Å². The highest BCUT2D eigenvalue weighted by Gasteiger charge is 2.30. The molecular weight excluding hydrogens is 380 g/mol. The SMILES string of the molecule is O=C1CCCN1Cc1cccc(CNC(=O)N2CCN(C(=O)C3CCCC3)CC2)c1. The largest absolute Gasteiger partial charge is 0.339 e. The molecule has 30 heavy (non-hydrogen) atoms. The molecule has 0 unspecified atom stereocenters. The lowest BCUT2D eigenvalue weighted by atomic mass is 10.1. The van der Waals surface area contributed by atoms with Crippen molar-refractivity contribution in [2.75, 3.05) is 32.7 Å². The number of carbonyl (C=O) groups is 3. The Labute approximate surface area is 178 Å². The van der Waals surface area contributed by atoms with E-state index in [2.05, 4.69) is 11.4 Å². The van der Waals surface area contributed by atoms with E-state index in [9.17, 15) is 14.4 Å². The summed E-state index contributed by atoms with van der Waals surface area (Å²) in [6, 6.07) is 7.98. The molecular formula is C23H32N4O3. The van der Waals surface area contributed by atoms with Gasteiger partial charge in [0.05, 0.1) is 0 Å². The van der Waals surface area contributed by atoms with Crippen LogP contribution in [0.3, 0.4) is 0 Å². The molecule has 1 N–H and O–H groups in total. The van der Waals surface area contributed by atoms with E-state index in [0.717, 1.165) is 49.8 Å². The Hall–Kier alpha value is -2.57. The summed E-state index contributed by atoms with van der Waals surface area (Å²) in [6.45, 7) is 4.35. The van der Waals surface area contributed by atoms with Crippen molar-refractivity contribution in [2.45, 2.75) is 51.6 Å². The summed E-state index contributed by atoms with van der Waals surface area (Å²) < 4.78 is 0. The molecule has 0 atom stereocenters. The van der Waals surface area contributed by atoms with Crippen LogP contribution < -0.4 is 5.32 Å². The summed E-state index contributed by atoms with van der Waals surface area (Å²) in [7, 11) is 0. The predicted molar refractivity (Wildman–Crippen MR) is 113 cm³/mol. The van der Waals surface area contributed by atoms with Gasteiger partial charge >= 0.3 is 6.03 Å². The summed E-state index contributed by atoms with van der Waals surface area (Å²) in [6.07, 6.45) is 5.95. The van der Waals surface area contributed by atoms with Crippen LogP contribution in [0.25, 0.3) is 0 Å². The maximum absolute atomic E-state index is 12.6. The van der Waals surface area contributed by atoms with Gasteiger partial charge < -0.3 is 20.0 Å². The van der Waals surface area contributed by atoms with Crippen molar-refractivity contribution in [3.8, 4) is 0 Å². The van der Waals surface area contributed by atoms with Crippen LogP contribution in [0.1, 0.15) is 49.7 Å². The third-order valence-electron chi connectivity index (χ3n) is 6.56. The minimum absolute atomic E-state index is 0.0805. The summed E-state index contributed by atoms with van der Waals surface area (Å²) in [4.78, 5) is 42.6. The first-order valence-electron chi connectivity index (χ1n) is 11.3. The van der Waals surface area contributed by atoms with E-state index in [1.165, 1.54) is 0 Å². The monoisotopic (exact) mass is 412 g/mol. The van der Waals surface area contributed by atoms with Crippen LogP contribution in [-0.4, -0.2) is 65.3 Å². The Balaban J connectivity index is 1.22. The van der Waals surface area contributed by atoms with E-state index in [-0.39, 0.29) is 23.8 Å². The molecule has 7 heteroatoms. The Morgan fingerprint density at radius 1 is 0.933 bits per heavy atom. The molecule has 3 aliphatic rings. The zero-order valence-electron chi connectivity index (χ0n) is 17.6. The maximum atomic E-state index is 12.6. The van der Waals surface area contributed by atoms with Crippen LogP contribution in [0.4, 0.5) is 4.79 Å². The molecule has 1 saturated carbocycles. The van der Waals surface area contributed by atoms with Gasteiger partial charge in [0.1, 0.15) is 0 Å². The second kappa shape index (κ2) is 9.49. The Morgan fingerprint density at radius 3 is 2.33 bits per heavy atom. The number of piperazine rings is 1. The molecule has 1 aromatic rings. The van der Waals surface area contributed by atoms with Gasteiger partial charge in [-0.15, -0.1) is 0 Å². The molecule has 2 heterocycles. The fraction of sp³-hybridized carbons (Fsp3) is 0.609. The summed E-state index contributed by atoms with van der Waals surface area (Å²) in [5.41, 5.74) is 2.12. The average molecular weight is 413 g/mol. The average Bonchev–Trinajstić information content (AvgIpc) is 3.44. The lowest BCUT2D eigenvalue weighted by Crippen LogP contribution is -2.53. The van der Waals surface area contributed by atoms with Gasteiger partial charge in [-0.25, -0.2) is 4.79 Å². The molecule has 2 aliphatic heterocycles. The summed E-state index contributed by atoms with van der Waals surface area (Å²) in [5.74, 6) is 0.702. The van der Waals surface area contributed by atoms with Crippen LogP contribution in [0.15, 0.2) is 24.3 Å². The van der Waals surface area contributed by atoms with Crippen LogP contribution in [0, 0.1) is 5.92 Å². The van der Waals surface area contributed by atoms with Crippen LogP contribution >= 0.6 is 0 Å². The first kappa shape index (κ1) is 20.7. The molecule has 4 amide bonds. The Kier molecular flexibility index (Phi) is 6.55. The van der Waals surface area contributed by atoms with E-state index < -0.39 is 0 Å². The summed E-state index contributed by atoms with van der Waals surface area (Å²) >= 11 is 0. The number of hydrogen-bond acceptors (Lipinski definition) is 3. The molecule has 1 aromatic carbocycles. The van der Waals surface area contributed by atoms with E-state index >= 15 is 0 Å². The topological polar surface area (TPSA) is 73.0 Å². The molecule has 2 saturated heterocycles. The van der Waals surface area contributed by atoms with Crippen LogP contribution in [-0.2, 0) is 22.7 Å². The first-order valence-corrected chi connectivity index (χ1v) is 11.3. The quantitative estimate of drug-likeness (QED) is 0.807. The predicted octanol–water partition coefficient (Wildman–Crippen LogP) is 2.35. The van der Waals surface area contributed by atoms with Crippen molar-refractivity contribution in [1.29, 1.82) is 0 Å². The van der Waals surface area contributed by atoms with Gasteiger partial charge in [0, 0.05) is 58.2 Å². The first-order chi connectivity index (χ1) is 14.6. The third-order valence-corrected chi connectivity index (χ3v) is 6.56. The van der Waals surface area contributed by atoms with Crippen molar-refractivity contribution < 1.29 is 14.4 Å². The van der Waals surface area contributed by atoms with Crippen LogP contribution in [0.5, 0.6) is 0 Å². The maximum Gasteiger partial charge on any atom is 0.317 e. The normalized spacial score (nSPS) is 20.1. The Morgan fingerprint density at radius 2 is 1.63 bits per heavy atom. The van der Waals surface area contributed by atoms with Gasteiger partial charge in [0.25, 0.3) is 0 Å². The third kappa shape index (κ3) is 4.94. The van der Waals surface area contributed by atoms with Crippen molar-refractivity contribution in [3.05, 3.63) is 35.4 Å². The highest BCUT2D eigenvalue weighted by atomic mass is 16.2. The number of nitrogens with one attached hydrogen (secondary N) is 1. The highest BCUT2D eigenvalue weighted by Crippen LogP contribution is 2.27. The minimum atomic E-state index is -0.0805. The Bertz CT molecular complexity index is 782. The molecule has 0 bridgehead atoms. The van der Waals surface area contributed by atoms with Crippen molar-refractivity contribution in [3.63, 3.8) is 0 Å². The van der Waals surface area contributed by atoms with Crippen molar-refractivity contribution in [1.82, 2.24) is 20.0 Å². The molecule has 3 fully saturated rings. The molecule has 1 aliphatic carbocycles. The van der Waals surface area contributed by atoms with Gasteiger partial charge in [-0.1, -0.05) is 37.1 Å². The number of benzene rings is 1. The van der Waals surface area contributed by atoms with Crippen molar-refractivity contribution in [2.24, 2.45) is 5.92 Å². The smallest absolute Gasteiger partial charge is 0.317 e. The number of rotatable bonds is 5. The second-order valence-corrected chi connectivity index (χ2v) is 8.69. The number of amides is 4. The molecule has 0 spiro atoms. The van der Waals surface area contributed by atoms with Gasteiger partial charge in [0.15, 0.2) is 0 Å². The van der Waals surface area contributed by atoms with E-state index in [1.54, 1.807) is 4.90 Å². The van der Waals surface area contributed by atoms with Crippen LogP contribution in [0.2, 0.25) is 0 Å². The molecule has 4 rings (SSSR count). The zero-order chi connectivity index (χ0) is 20.9. The highest BCUT2D eigenvalue weighted by molar-refractivity contribution is 5.80. The van der Waals surface area contributed by atoms with Gasteiger partial charge in [-0.3, -0.25) is 9.59 Å². The number of nitrogens with zero attached hydrogens (tertiary/aromatic N) is 3. The molecule has 162 valence electrons. The lowest BCUT2D eigenvalue weighted by Gasteiger charge is -2.36. The zero-order valence-corrected chi connectivity index (χ0v) is 17.6. The second-order valence-electron chi connectivity index (χ2n) is 8.69. The van der Waals surface area contributed by atoms with Gasteiger partial charge in [-0.05, 0) is 30.4 Å². The van der Waals surface area contributed by atoms with E-state index in [1.807, 2.05) is 28.0 Å². The van der Waals surface area contributed by atoms with Gasteiger partial charge in [-0.2, -0.15) is 0 Å². The van der Waals surface area contributed by atoms with E-state index in [0.29, 0.717) is 45.7 Å². The summed E-state index contributed by atoms with van der Waals surface area (Å²) in [5, 5.41) is 3.00. The molecule has 0 aromatic heterocycles. The number of likely N-dealkylation sites (tertiary alicyclic amines) is 1. The van der Waals surface area contributed by atoms with Crippen molar-refractivity contribution >= 4 is 17.8 Å². The number of carbonyl (C=O) groups excluding carboxylic acids is 3. The fourth-order valence-electron chi connectivity index (χ4n) is 4.78. The lowest BCUT2D eigenvalue weighted by molar-refractivity contribution is -0.136. The molecule has 7 nitrogen and oxygen atoms in total. The minimum Gasteiger partial charge on any atom is -0.339 e. The fourth-order valence-corrected chi connectivity index (χ4v) is 4.78. The standard InChI is InChI=1S/C23H32N4O3/c28-21-9-4-10-27(21)17-19-6-3-5-18(15-19)16-24-23(30)26-13-11-25(12-14-26)22(29)20-7-1-2-8-20/h3,5-6,15,20H,1-2,4,7-14,16-17H2,(H,24,30).